The number of sulfone groups is 1. The molecule has 0 radical (unpaired) electrons. The molecular weight excluding hydrogens is 279 g/mol. The minimum atomic E-state index is -4.00. The van der Waals surface area contributed by atoms with Crippen LogP contribution in [0.4, 0.5) is 4.39 Å². The van der Waals surface area contributed by atoms with Crippen molar-refractivity contribution in [2.45, 2.75) is 9.79 Å². The van der Waals surface area contributed by atoms with Crippen molar-refractivity contribution in [3.8, 4) is 12.1 Å². The Morgan fingerprint density at radius 3 is 2.15 bits per heavy atom. The number of nitrogens with zero attached hydrogens (tertiary/aromatic N) is 2. The van der Waals surface area contributed by atoms with Crippen molar-refractivity contribution in [1.82, 2.24) is 0 Å². The summed E-state index contributed by atoms with van der Waals surface area (Å²) in [6, 6.07) is 12.0. The average Bonchev–Trinajstić information content (AvgIpc) is 2.47. The molecular formula is C14H7FN2O2S. The standard InChI is InChI=1S/C14H7FN2O2S/c15-13-2-1-3-14(12(13)9-17)20(18,19)11-6-4-10(8-16)5-7-11/h1-7H. The van der Waals surface area contributed by atoms with Gasteiger partial charge in [-0.2, -0.15) is 10.5 Å². The predicted molar refractivity (Wildman–Crippen MR) is 67.7 cm³/mol. The summed E-state index contributed by atoms with van der Waals surface area (Å²) in [5, 5.41) is 17.6. The lowest BCUT2D eigenvalue weighted by Gasteiger charge is -2.07. The Bertz CT molecular complexity index is 844. The van der Waals surface area contributed by atoms with Crippen LogP contribution in [0.3, 0.4) is 0 Å². The number of rotatable bonds is 2. The van der Waals surface area contributed by atoms with Gasteiger partial charge in [-0.15, -0.1) is 0 Å². The molecule has 0 aromatic heterocycles. The molecule has 0 aliphatic carbocycles. The predicted octanol–water partition coefficient (Wildman–Crippen LogP) is 2.40. The van der Waals surface area contributed by atoms with Gasteiger partial charge in [0, 0.05) is 0 Å². The summed E-state index contributed by atoms with van der Waals surface area (Å²) >= 11 is 0. The van der Waals surface area contributed by atoms with E-state index in [1.54, 1.807) is 6.07 Å². The van der Waals surface area contributed by atoms with E-state index in [4.69, 9.17) is 10.5 Å². The molecule has 6 heteroatoms. The molecule has 0 aliphatic heterocycles. The van der Waals surface area contributed by atoms with Crippen molar-refractivity contribution < 1.29 is 12.8 Å². The minimum Gasteiger partial charge on any atom is -0.218 e. The van der Waals surface area contributed by atoms with E-state index in [2.05, 4.69) is 0 Å². The Hall–Kier alpha value is -2.70. The van der Waals surface area contributed by atoms with Gasteiger partial charge in [-0.05, 0) is 36.4 Å². The van der Waals surface area contributed by atoms with Gasteiger partial charge in [-0.3, -0.25) is 0 Å². The van der Waals surface area contributed by atoms with Crippen LogP contribution in [0.1, 0.15) is 11.1 Å². The highest BCUT2D eigenvalue weighted by Crippen LogP contribution is 2.25. The summed E-state index contributed by atoms with van der Waals surface area (Å²) in [5.74, 6) is -0.887. The minimum absolute atomic E-state index is 0.0985. The number of halogens is 1. The van der Waals surface area contributed by atoms with Gasteiger partial charge >= 0.3 is 0 Å². The molecule has 2 rings (SSSR count). The summed E-state index contributed by atoms with van der Waals surface area (Å²) in [4.78, 5) is -0.483. The van der Waals surface area contributed by atoms with Crippen LogP contribution in [0.15, 0.2) is 52.3 Å². The van der Waals surface area contributed by atoms with Crippen LogP contribution >= 0.6 is 0 Å². The summed E-state index contributed by atoms with van der Waals surface area (Å²) in [6.45, 7) is 0. The molecule has 0 saturated carbocycles. The first-order chi connectivity index (χ1) is 9.50. The molecule has 0 N–H and O–H groups in total. The fourth-order valence-corrected chi connectivity index (χ4v) is 3.09. The molecule has 0 saturated heterocycles. The van der Waals surface area contributed by atoms with E-state index in [-0.39, 0.29) is 9.79 Å². The van der Waals surface area contributed by atoms with Crippen molar-refractivity contribution in [3.63, 3.8) is 0 Å². The molecule has 20 heavy (non-hydrogen) atoms. The number of nitriles is 2. The molecule has 98 valence electrons. The normalized spacial score (nSPS) is 10.6. The van der Waals surface area contributed by atoms with Crippen LogP contribution in [0.25, 0.3) is 0 Å². The highest BCUT2D eigenvalue weighted by molar-refractivity contribution is 7.91. The van der Waals surface area contributed by atoms with Gasteiger partial charge in [0.2, 0.25) is 9.84 Å². The van der Waals surface area contributed by atoms with Gasteiger partial charge < -0.3 is 0 Å². The van der Waals surface area contributed by atoms with Crippen LogP contribution in [0, 0.1) is 28.5 Å². The Labute approximate surface area is 115 Å². The zero-order chi connectivity index (χ0) is 14.8. The summed E-state index contributed by atoms with van der Waals surface area (Å²) in [7, 11) is -4.00. The van der Waals surface area contributed by atoms with Crippen LogP contribution in [-0.4, -0.2) is 8.42 Å². The van der Waals surface area contributed by atoms with Crippen molar-refractivity contribution in [2.75, 3.05) is 0 Å². The summed E-state index contributed by atoms with van der Waals surface area (Å²) in [5.41, 5.74) is -0.208. The maximum atomic E-state index is 13.5. The van der Waals surface area contributed by atoms with Gasteiger partial charge in [0.1, 0.15) is 17.4 Å². The molecule has 0 unspecified atom stereocenters. The topological polar surface area (TPSA) is 81.7 Å². The Morgan fingerprint density at radius 2 is 1.60 bits per heavy atom. The van der Waals surface area contributed by atoms with E-state index in [1.807, 2.05) is 6.07 Å². The maximum absolute atomic E-state index is 13.5. The highest BCUT2D eigenvalue weighted by atomic mass is 32.2. The lowest BCUT2D eigenvalue weighted by atomic mass is 10.2. The van der Waals surface area contributed by atoms with Gasteiger partial charge in [0.05, 0.1) is 21.4 Å². The SMILES string of the molecule is N#Cc1ccc(S(=O)(=O)c2cccc(F)c2C#N)cc1. The van der Waals surface area contributed by atoms with Crippen LogP contribution in [0.2, 0.25) is 0 Å². The third-order valence-electron chi connectivity index (χ3n) is 2.67. The smallest absolute Gasteiger partial charge is 0.208 e. The third-order valence-corrected chi connectivity index (χ3v) is 4.48. The molecule has 0 fully saturated rings. The van der Waals surface area contributed by atoms with Gasteiger partial charge in [0.15, 0.2) is 0 Å². The van der Waals surface area contributed by atoms with Gasteiger partial charge in [-0.25, -0.2) is 12.8 Å². The highest BCUT2D eigenvalue weighted by Gasteiger charge is 2.23. The van der Waals surface area contributed by atoms with Crippen molar-refractivity contribution in [2.24, 2.45) is 0 Å². The van der Waals surface area contributed by atoms with E-state index >= 15 is 0 Å². The molecule has 0 aliphatic rings. The first-order valence-electron chi connectivity index (χ1n) is 5.44. The second kappa shape index (κ2) is 5.12. The number of benzene rings is 2. The zero-order valence-electron chi connectivity index (χ0n) is 10.0. The number of hydrogen-bond donors (Lipinski definition) is 0. The van der Waals surface area contributed by atoms with Crippen LogP contribution < -0.4 is 0 Å². The van der Waals surface area contributed by atoms with Crippen molar-refractivity contribution in [1.29, 1.82) is 10.5 Å². The van der Waals surface area contributed by atoms with Gasteiger partial charge in [-0.1, -0.05) is 6.07 Å². The Balaban J connectivity index is 2.65. The van der Waals surface area contributed by atoms with E-state index in [0.717, 1.165) is 6.07 Å². The first-order valence-corrected chi connectivity index (χ1v) is 6.93. The molecule has 2 aromatic rings. The Morgan fingerprint density at radius 1 is 0.950 bits per heavy atom. The fraction of sp³-hybridized carbons (Fsp3) is 0. The molecule has 0 heterocycles. The maximum Gasteiger partial charge on any atom is 0.208 e. The first kappa shape index (κ1) is 13.7. The van der Waals surface area contributed by atoms with E-state index < -0.39 is 21.2 Å². The molecule has 4 nitrogen and oxygen atoms in total. The second-order valence-electron chi connectivity index (χ2n) is 3.86. The Kier molecular flexibility index (Phi) is 3.51. The molecule has 0 bridgehead atoms. The summed E-state index contributed by atoms with van der Waals surface area (Å²) in [6.07, 6.45) is 0. The molecule has 0 spiro atoms. The fourth-order valence-electron chi connectivity index (χ4n) is 1.67. The molecule has 2 aromatic carbocycles. The average molecular weight is 286 g/mol. The van der Waals surface area contributed by atoms with E-state index in [0.29, 0.717) is 5.56 Å². The van der Waals surface area contributed by atoms with E-state index in [9.17, 15) is 12.8 Å². The lowest BCUT2D eigenvalue weighted by molar-refractivity contribution is 0.589. The quantitative estimate of drug-likeness (QED) is 0.848. The monoisotopic (exact) mass is 286 g/mol. The molecule has 0 atom stereocenters. The lowest BCUT2D eigenvalue weighted by Crippen LogP contribution is -2.05. The van der Waals surface area contributed by atoms with Crippen molar-refractivity contribution in [3.05, 3.63) is 59.4 Å². The van der Waals surface area contributed by atoms with Crippen LogP contribution in [0.5, 0.6) is 0 Å². The molecule has 0 amide bonds. The van der Waals surface area contributed by atoms with Crippen molar-refractivity contribution >= 4 is 9.84 Å². The third kappa shape index (κ3) is 2.25. The van der Waals surface area contributed by atoms with E-state index in [1.165, 1.54) is 36.4 Å². The summed E-state index contributed by atoms with van der Waals surface area (Å²) < 4.78 is 38.2. The second-order valence-corrected chi connectivity index (χ2v) is 5.78. The van der Waals surface area contributed by atoms with Gasteiger partial charge in [0.25, 0.3) is 0 Å². The number of hydrogen-bond acceptors (Lipinski definition) is 4. The largest absolute Gasteiger partial charge is 0.218 e. The zero-order valence-corrected chi connectivity index (χ0v) is 10.9. The van der Waals surface area contributed by atoms with Crippen LogP contribution in [-0.2, 0) is 9.84 Å².